The second kappa shape index (κ2) is 4.65. The van der Waals surface area contributed by atoms with Gasteiger partial charge in [0.15, 0.2) is 5.78 Å². The number of Topliss-reactive ketones (excluding diaryl/α,β-unsaturated/α-hetero) is 2. The Morgan fingerprint density at radius 1 is 1.09 bits per heavy atom. The molecule has 0 amide bonds. The summed E-state index contributed by atoms with van der Waals surface area (Å²) in [5.74, 6) is -1.14. The largest absolute Gasteiger partial charge is 0.481 e. The van der Waals surface area contributed by atoms with Crippen molar-refractivity contribution in [1.29, 1.82) is 0 Å². The Kier molecular flexibility index (Phi) is 3.36. The highest BCUT2D eigenvalue weighted by Gasteiger charge is 2.72. The van der Waals surface area contributed by atoms with E-state index in [2.05, 4.69) is 6.92 Å². The summed E-state index contributed by atoms with van der Waals surface area (Å²) in [6.07, 6.45) is 2.64. The second-order valence-electron chi connectivity index (χ2n) is 8.54. The van der Waals surface area contributed by atoms with E-state index in [9.17, 15) is 24.6 Å². The number of carbonyl (C=O) groups excluding carboxylic acids is 2. The highest BCUT2D eigenvalue weighted by atomic mass is 16.4. The molecule has 0 aromatic carbocycles. The van der Waals surface area contributed by atoms with E-state index in [-0.39, 0.29) is 23.9 Å². The molecule has 0 aromatic heterocycles. The number of hydrogen-bond donors (Lipinski definition) is 2. The van der Waals surface area contributed by atoms with Crippen LogP contribution in [-0.2, 0) is 14.4 Å². The zero-order chi connectivity index (χ0) is 17.3. The zero-order valence-corrected chi connectivity index (χ0v) is 14.1. The van der Waals surface area contributed by atoms with Gasteiger partial charge in [-0.3, -0.25) is 14.4 Å². The number of carboxylic acid groups (broad SMARTS) is 1. The highest BCUT2D eigenvalue weighted by Crippen LogP contribution is 2.70. The van der Waals surface area contributed by atoms with Crippen molar-refractivity contribution in [2.75, 3.05) is 0 Å². The molecule has 0 aromatic rings. The molecule has 5 heteroatoms. The van der Waals surface area contributed by atoms with Gasteiger partial charge in [0.05, 0.1) is 6.42 Å². The molecule has 5 atom stereocenters. The minimum absolute atomic E-state index is 0.0146. The lowest BCUT2D eigenvalue weighted by molar-refractivity contribution is -0.213. The molecule has 3 saturated carbocycles. The molecule has 3 aliphatic rings. The smallest absolute Gasteiger partial charge is 0.304 e. The van der Waals surface area contributed by atoms with Gasteiger partial charge >= 0.3 is 5.97 Å². The van der Waals surface area contributed by atoms with Crippen molar-refractivity contribution in [3.8, 4) is 0 Å². The molecular weight excluding hydrogens is 296 g/mol. The third-order valence-corrected chi connectivity index (χ3v) is 7.85. The lowest BCUT2D eigenvalue weighted by Crippen LogP contribution is -2.66. The van der Waals surface area contributed by atoms with Crippen molar-refractivity contribution >= 4 is 17.5 Å². The summed E-state index contributed by atoms with van der Waals surface area (Å²) < 4.78 is 0. The van der Waals surface area contributed by atoms with E-state index < -0.39 is 27.8 Å². The molecule has 128 valence electrons. The first-order valence-electron chi connectivity index (χ1n) is 8.52. The van der Waals surface area contributed by atoms with Crippen molar-refractivity contribution in [3.05, 3.63) is 0 Å². The van der Waals surface area contributed by atoms with Crippen LogP contribution >= 0.6 is 0 Å². The van der Waals surface area contributed by atoms with Crippen LogP contribution in [0, 0.1) is 22.2 Å². The maximum atomic E-state index is 12.6. The molecule has 0 bridgehead atoms. The normalized spacial score (nSPS) is 49.7. The number of carboxylic acids is 1. The first-order chi connectivity index (χ1) is 10.5. The topological polar surface area (TPSA) is 91.7 Å². The minimum Gasteiger partial charge on any atom is -0.481 e. The Balaban J connectivity index is 2.10. The van der Waals surface area contributed by atoms with E-state index in [0.717, 1.165) is 0 Å². The molecule has 0 spiro atoms. The monoisotopic (exact) mass is 322 g/mol. The van der Waals surface area contributed by atoms with Crippen molar-refractivity contribution in [2.45, 2.75) is 71.3 Å². The Morgan fingerprint density at radius 2 is 1.70 bits per heavy atom. The number of aliphatic carboxylic acids is 1. The average molecular weight is 322 g/mol. The van der Waals surface area contributed by atoms with Crippen LogP contribution in [0.5, 0.6) is 0 Å². The van der Waals surface area contributed by atoms with E-state index in [0.29, 0.717) is 38.5 Å². The van der Waals surface area contributed by atoms with Gasteiger partial charge in [0.2, 0.25) is 0 Å². The molecule has 0 heterocycles. The molecule has 0 radical (unpaired) electrons. The first kappa shape index (κ1) is 16.6. The van der Waals surface area contributed by atoms with Crippen LogP contribution in [0.1, 0.15) is 65.7 Å². The van der Waals surface area contributed by atoms with Gasteiger partial charge in [-0.05, 0) is 37.0 Å². The summed E-state index contributed by atoms with van der Waals surface area (Å²) in [4.78, 5) is 36.3. The van der Waals surface area contributed by atoms with E-state index in [1.54, 1.807) is 6.92 Å². The molecule has 3 rings (SSSR count). The molecular formula is C18H26O5. The lowest BCUT2D eigenvalue weighted by atomic mass is 9.40. The first-order valence-corrected chi connectivity index (χ1v) is 8.52. The molecule has 23 heavy (non-hydrogen) atoms. The third kappa shape index (κ3) is 1.80. The van der Waals surface area contributed by atoms with Crippen molar-refractivity contribution in [1.82, 2.24) is 0 Å². The van der Waals surface area contributed by atoms with Crippen LogP contribution in [0.15, 0.2) is 0 Å². The predicted molar refractivity (Wildman–Crippen MR) is 82.7 cm³/mol. The van der Waals surface area contributed by atoms with Crippen molar-refractivity contribution in [3.63, 3.8) is 0 Å². The molecule has 3 aliphatic carbocycles. The van der Waals surface area contributed by atoms with E-state index >= 15 is 0 Å². The Labute approximate surface area is 136 Å². The standard InChI is InChI=1S/C18H26O5/c1-15(10-14(21)22)11-4-9-18(23)13(20)6-8-17(18,3)16(11,2)7-5-12(15)19/h11,23H,4-10H2,1-3H3,(H,21,22)/t11-,15-,16-,17+,18-/m1/s1. The van der Waals surface area contributed by atoms with Gasteiger partial charge in [0.1, 0.15) is 11.4 Å². The number of rotatable bonds is 2. The molecule has 3 fully saturated rings. The molecule has 0 unspecified atom stereocenters. The molecule has 2 N–H and O–H groups in total. The van der Waals surface area contributed by atoms with Gasteiger partial charge < -0.3 is 10.2 Å². The second-order valence-corrected chi connectivity index (χ2v) is 8.54. The predicted octanol–water partition coefficient (Wildman–Crippen LogP) is 2.35. The molecule has 0 aliphatic heterocycles. The summed E-state index contributed by atoms with van der Waals surface area (Å²) in [7, 11) is 0. The maximum Gasteiger partial charge on any atom is 0.304 e. The lowest BCUT2D eigenvalue weighted by Gasteiger charge is -2.64. The van der Waals surface area contributed by atoms with E-state index in [1.807, 2.05) is 6.92 Å². The number of aliphatic hydroxyl groups is 1. The Hall–Kier alpha value is -1.23. The van der Waals surface area contributed by atoms with E-state index in [4.69, 9.17) is 0 Å². The fourth-order valence-corrected chi connectivity index (χ4v) is 6.18. The van der Waals surface area contributed by atoms with Crippen molar-refractivity contribution < 1.29 is 24.6 Å². The van der Waals surface area contributed by atoms with Crippen molar-refractivity contribution in [2.24, 2.45) is 22.2 Å². The number of carbonyl (C=O) groups is 3. The summed E-state index contributed by atoms with van der Waals surface area (Å²) >= 11 is 0. The minimum atomic E-state index is -1.32. The van der Waals surface area contributed by atoms with Crippen LogP contribution in [0.3, 0.4) is 0 Å². The van der Waals surface area contributed by atoms with Gasteiger partial charge in [0, 0.05) is 23.7 Å². The van der Waals surface area contributed by atoms with Gasteiger partial charge in [-0.25, -0.2) is 0 Å². The van der Waals surface area contributed by atoms with Crippen LogP contribution in [0.4, 0.5) is 0 Å². The quantitative estimate of drug-likeness (QED) is 0.814. The average Bonchev–Trinajstić information content (AvgIpc) is 2.69. The van der Waals surface area contributed by atoms with Crippen LogP contribution < -0.4 is 0 Å². The number of hydrogen-bond acceptors (Lipinski definition) is 4. The van der Waals surface area contributed by atoms with Gasteiger partial charge in [-0.1, -0.05) is 20.8 Å². The van der Waals surface area contributed by atoms with Crippen LogP contribution in [0.25, 0.3) is 0 Å². The summed E-state index contributed by atoms with van der Waals surface area (Å²) in [6.45, 7) is 5.81. The summed E-state index contributed by atoms with van der Waals surface area (Å²) in [5, 5.41) is 20.4. The maximum absolute atomic E-state index is 12.6. The van der Waals surface area contributed by atoms with Gasteiger partial charge in [-0.2, -0.15) is 0 Å². The zero-order valence-electron chi connectivity index (χ0n) is 14.1. The van der Waals surface area contributed by atoms with Crippen LogP contribution in [-0.4, -0.2) is 33.3 Å². The van der Waals surface area contributed by atoms with Gasteiger partial charge in [0.25, 0.3) is 0 Å². The summed E-state index contributed by atoms with van der Waals surface area (Å²) in [5.41, 5.74) is -3.21. The fraction of sp³-hybridized carbons (Fsp3) is 0.833. The number of fused-ring (bicyclic) bond motifs is 3. The van der Waals surface area contributed by atoms with E-state index in [1.165, 1.54) is 0 Å². The Morgan fingerprint density at radius 3 is 2.30 bits per heavy atom. The summed E-state index contributed by atoms with van der Waals surface area (Å²) in [6, 6.07) is 0. The number of ketones is 2. The third-order valence-electron chi connectivity index (χ3n) is 7.85. The molecule has 0 saturated heterocycles. The SMILES string of the molecule is C[C@@]12CCC(=O)[C@]1(O)CC[C@@H]1[C@@](C)(CC(=O)O)C(=O)CC[C@]12C. The highest BCUT2D eigenvalue weighted by molar-refractivity contribution is 5.92. The van der Waals surface area contributed by atoms with Gasteiger partial charge in [-0.15, -0.1) is 0 Å². The Bertz CT molecular complexity index is 598. The van der Waals surface area contributed by atoms with Crippen LogP contribution in [0.2, 0.25) is 0 Å². The fourth-order valence-electron chi connectivity index (χ4n) is 6.18. The molecule has 5 nitrogen and oxygen atoms in total.